The van der Waals surface area contributed by atoms with E-state index in [0.717, 1.165) is 13.1 Å². The quantitative estimate of drug-likeness (QED) is 0.580. The van der Waals surface area contributed by atoms with Gasteiger partial charge in [0.05, 0.1) is 23.1 Å². The van der Waals surface area contributed by atoms with E-state index in [0.29, 0.717) is 30.9 Å². The van der Waals surface area contributed by atoms with Gasteiger partial charge in [0.15, 0.2) is 0 Å². The fourth-order valence-corrected chi connectivity index (χ4v) is 2.46. The van der Waals surface area contributed by atoms with E-state index in [4.69, 9.17) is 9.47 Å². The molecular formula is C14H19N3O6. The van der Waals surface area contributed by atoms with Crippen LogP contribution in [-0.4, -0.2) is 54.2 Å². The predicted octanol–water partition coefficient (Wildman–Crippen LogP) is 1.83. The van der Waals surface area contributed by atoms with Gasteiger partial charge in [-0.05, 0) is 19.4 Å². The number of aryl methyl sites for hydroxylation is 1. The van der Waals surface area contributed by atoms with Gasteiger partial charge in [0.1, 0.15) is 6.61 Å². The Hall–Kier alpha value is -2.26. The molecule has 0 atom stereocenters. The molecule has 9 heteroatoms. The summed E-state index contributed by atoms with van der Waals surface area (Å²) in [6, 6.07) is 1.31. The van der Waals surface area contributed by atoms with Gasteiger partial charge in [0.25, 0.3) is 5.75 Å². The molecule has 0 unspecified atom stereocenters. The topological polar surface area (TPSA) is 108 Å². The lowest BCUT2D eigenvalue weighted by Crippen LogP contribution is -2.38. The average molecular weight is 325 g/mol. The number of hydrogen-bond donors (Lipinski definition) is 0. The van der Waals surface area contributed by atoms with Crippen LogP contribution in [0.5, 0.6) is 5.75 Å². The maximum Gasteiger partial charge on any atom is 0.321 e. The van der Waals surface area contributed by atoms with Crippen molar-refractivity contribution in [3.63, 3.8) is 0 Å². The summed E-state index contributed by atoms with van der Waals surface area (Å²) in [6.07, 6.45) is 0. The Balaban J connectivity index is 2.22. The Morgan fingerprint density at radius 1 is 1.22 bits per heavy atom. The molecule has 1 aromatic carbocycles. The number of rotatable bonds is 6. The lowest BCUT2D eigenvalue weighted by Gasteiger charge is -2.26. The minimum absolute atomic E-state index is 0.143. The molecule has 1 heterocycles. The van der Waals surface area contributed by atoms with Gasteiger partial charge < -0.3 is 9.47 Å². The molecule has 0 aliphatic carbocycles. The van der Waals surface area contributed by atoms with Crippen LogP contribution in [-0.2, 0) is 4.74 Å². The monoisotopic (exact) mass is 325 g/mol. The van der Waals surface area contributed by atoms with Crippen LogP contribution < -0.4 is 4.74 Å². The maximum atomic E-state index is 11.3. The maximum absolute atomic E-state index is 11.3. The van der Waals surface area contributed by atoms with E-state index in [1.807, 2.05) is 0 Å². The van der Waals surface area contributed by atoms with Crippen LogP contribution in [0.25, 0.3) is 0 Å². The molecular weight excluding hydrogens is 306 g/mol. The number of nitrogens with zero attached hydrogens (tertiary/aromatic N) is 3. The molecule has 1 aliphatic rings. The Labute approximate surface area is 133 Å². The van der Waals surface area contributed by atoms with Crippen molar-refractivity contribution in [1.82, 2.24) is 4.90 Å². The third kappa shape index (κ3) is 3.93. The van der Waals surface area contributed by atoms with E-state index in [1.54, 1.807) is 13.8 Å². The van der Waals surface area contributed by atoms with Crippen LogP contribution >= 0.6 is 0 Å². The first-order valence-corrected chi connectivity index (χ1v) is 7.27. The van der Waals surface area contributed by atoms with Crippen molar-refractivity contribution in [2.24, 2.45) is 0 Å². The fraction of sp³-hybridized carbons (Fsp3) is 0.571. The summed E-state index contributed by atoms with van der Waals surface area (Å²) in [7, 11) is 0. The first kappa shape index (κ1) is 17.1. The van der Waals surface area contributed by atoms with Gasteiger partial charge in [0, 0.05) is 31.3 Å². The second kappa shape index (κ2) is 7.34. The van der Waals surface area contributed by atoms with Gasteiger partial charge in [-0.3, -0.25) is 25.1 Å². The molecule has 0 spiro atoms. The van der Waals surface area contributed by atoms with Gasteiger partial charge in [-0.25, -0.2) is 0 Å². The highest BCUT2D eigenvalue weighted by atomic mass is 16.6. The zero-order valence-corrected chi connectivity index (χ0v) is 13.1. The molecule has 0 radical (unpaired) electrons. The summed E-state index contributed by atoms with van der Waals surface area (Å²) in [5, 5.41) is 22.5. The molecule has 1 fully saturated rings. The zero-order chi connectivity index (χ0) is 17.0. The molecule has 1 aliphatic heterocycles. The van der Waals surface area contributed by atoms with Crippen LogP contribution in [0.3, 0.4) is 0 Å². The zero-order valence-electron chi connectivity index (χ0n) is 13.1. The van der Waals surface area contributed by atoms with Crippen LogP contribution in [0.1, 0.15) is 11.1 Å². The summed E-state index contributed by atoms with van der Waals surface area (Å²) >= 11 is 0. The van der Waals surface area contributed by atoms with E-state index in [-0.39, 0.29) is 23.7 Å². The highest BCUT2D eigenvalue weighted by Gasteiger charge is 2.31. The predicted molar refractivity (Wildman–Crippen MR) is 82.0 cm³/mol. The molecule has 1 aromatic rings. The van der Waals surface area contributed by atoms with Crippen molar-refractivity contribution in [1.29, 1.82) is 0 Å². The lowest BCUT2D eigenvalue weighted by molar-refractivity contribution is -0.396. The normalized spacial score (nSPS) is 15.4. The number of nitro groups is 2. The second-order valence-electron chi connectivity index (χ2n) is 5.33. The smallest absolute Gasteiger partial charge is 0.321 e. The van der Waals surface area contributed by atoms with Crippen LogP contribution in [0, 0.1) is 34.1 Å². The molecule has 0 aromatic heterocycles. The van der Waals surface area contributed by atoms with E-state index in [1.165, 1.54) is 6.07 Å². The molecule has 23 heavy (non-hydrogen) atoms. The summed E-state index contributed by atoms with van der Waals surface area (Å²) < 4.78 is 10.7. The SMILES string of the molecule is Cc1cc([N+](=O)[O-])c(OCCN2CCOCC2)c([N+](=O)[O-])c1C. The average Bonchev–Trinajstić information content (AvgIpc) is 2.51. The van der Waals surface area contributed by atoms with Gasteiger partial charge >= 0.3 is 11.4 Å². The van der Waals surface area contributed by atoms with Crippen LogP contribution in [0.15, 0.2) is 6.07 Å². The van der Waals surface area contributed by atoms with Gasteiger partial charge in [-0.2, -0.15) is 0 Å². The van der Waals surface area contributed by atoms with Crippen molar-refractivity contribution in [2.75, 3.05) is 39.5 Å². The van der Waals surface area contributed by atoms with Crippen molar-refractivity contribution in [3.8, 4) is 5.75 Å². The number of hydrogen-bond acceptors (Lipinski definition) is 7. The van der Waals surface area contributed by atoms with Crippen molar-refractivity contribution >= 4 is 11.4 Å². The summed E-state index contributed by atoms with van der Waals surface area (Å²) in [5.41, 5.74) is 0.159. The van der Waals surface area contributed by atoms with Gasteiger partial charge in [-0.1, -0.05) is 0 Å². The largest absolute Gasteiger partial charge is 0.481 e. The summed E-state index contributed by atoms with van der Waals surface area (Å²) in [5.74, 6) is -0.267. The van der Waals surface area contributed by atoms with E-state index < -0.39 is 9.85 Å². The Bertz CT molecular complexity index is 613. The first-order valence-electron chi connectivity index (χ1n) is 7.27. The molecule has 0 saturated carbocycles. The number of morpholine rings is 1. The lowest BCUT2D eigenvalue weighted by atomic mass is 10.1. The van der Waals surface area contributed by atoms with Gasteiger partial charge in [-0.15, -0.1) is 0 Å². The van der Waals surface area contributed by atoms with Crippen molar-refractivity contribution < 1.29 is 19.3 Å². The van der Waals surface area contributed by atoms with E-state index in [9.17, 15) is 20.2 Å². The molecule has 0 amide bonds. The van der Waals surface area contributed by atoms with Crippen molar-refractivity contribution in [3.05, 3.63) is 37.4 Å². The summed E-state index contributed by atoms with van der Waals surface area (Å²) in [6.45, 7) is 6.60. The first-order chi connectivity index (χ1) is 10.9. The number of ether oxygens (including phenoxy) is 2. The minimum Gasteiger partial charge on any atom is -0.481 e. The Kier molecular flexibility index (Phi) is 5.45. The Morgan fingerprint density at radius 2 is 1.87 bits per heavy atom. The highest BCUT2D eigenvalue weighted by Crippen LogP contribution is 2.40. The number of nitro benzene ring substituents is 2. The van der Waals surface area contributed by atoms with Crippen LogP contribution in [0.2, 0.25) is 0 Å². The second-order valence-corrected chi connectivity index (χ2v) is 5.33. The minimum atomic E-state index is -0.649. The molecule has 2 rings (SSSR count). The van der Waals surface area contributed by atoms with Crippen molar-refractivity contribution in [2.45, 2.75) is 13.8 Å². The van der Waals surface area contributed by atoms with Gasteiger partial charge in [0.2, 0.25) is 0 Å². The standard InChI is InChI=1S/C14H19N3O6/c1-10-9-12(16(18)19)14(13(11(10)2)17(20)21)23-8-5-15-3-6-22-7-4-15/h9H,3-8H2,1-2H3. The van der Waals surface area contributed by atoms with Crippen LogP contribution in [0.4, 0.5) is 11.4 Å². The molecule has 1 saturated heterocycles. The number of benzene rings is 1. The summed E-state index contributed by atoms with van der Waals surface area (Å²) in [4.78, 5) is 23.3. The highest BCUT2D eigenvalue weighted by molar-refractivity contribution is 5.66. The molecule has 9 nitrogen and oxygen atoms in total. The Morgan fingerprint density at radius 3 is 2.43 bits per heavy atom. The molecule has 0 N–H and O–H groups in total. The fourth-order valence-electron chi connectivity index (χ4n) is 2.46. The third-order valence-corrected chi connectivity index (χ3v) is 3.88. The van der Waals surface area contributed by atoms with E-state index >= 15 is 0 Å². The molecule has 0 bridgehead atoms. The molecule has 126 valence electrons. The van der Waals surface area contributed by atoms with E-state index in [2.05, 4.69) is 4.90 Å². The third-order valence-electron chi connectivity index (χ3n) is 3.88.